The van der Waals surface area contributed by atoms with Gasteiger partial charge in [-0.25, -0.2) is 18.7 Å². The zero-order valence-corrected chi connectivity index (χ0v) is 17.0. The fraction of sp³-hybridized carbons (Fsp3) is 0.455. The van der Waals surface area contributed by atoms with Gasteiger partial charge in [0.1, 0.15) is 11.4 Å². The summed E-state index contributed by atoms with van der Waals surface area (Å²) >= 11 is 0. The molecule has 2 heterocycles. The number of rotatable bonds is 13. The van der Waals surface area contributed by atoms with Crippen LogP contribution in [0, 0.1) is 11.6 Å². The first-order valence-corrected chi connectivity index (χ1v) is 10.3. The van der Waals surface area contributed by atoms with Crippen LogP contribution in [0.4, 0.5) is 8.78 Å². The summed E-state index contributed by atoms with van der Waals surface area (Å²) in [6, 6.07) is 6.03. The van der Waals surface area contributed by atoms with Crippen LogP contribution in [0.2, 0.25) is 0 Å². The number of aromatic nitrogens is 2. The Kier molecular flexibility index (Phi) is 10.4. The Morgan fingerprint density at radius 1 is 0.633 bits per heavy atom. The maximum atomic E-state index is 13.4. The van der Waals surface area contributed by atoms with Crippen molar-refractivity contribution < 1.29 is 19.2 Å². The van der Waals surface area contributed by atoms with Crippen LogP contribution in [0.5, 0.6) is 0 Å². The molecule has 0 saturated heterocycles. The minimum atomic E-state index is -0.494. The van der Waals surface area contributed by atoms with E-state index in [0.29, 0.717) is 0 Å². The average Bonchev–Trinajstić information content (AvgIpc) is 2.74. The third-order valence-electron chi connectivity index (χ3n) is 4.84. The first-order chi connectivity index (χ1) is 14.6. The third kappa shape index (κ3) is 8.23. The molecule has 8 heteroatoms. The first-order valence-electron chi connectivity index (χ1n) is 10.3. The molecule has 0 spiro atoms. The zero-order valence-electron chi connectivity index (χ0n) is 17.0. The normalized spacial score (nSPS) is 11.7. The third-order valence-corrected chi connectivity index (χ3v) is 4.84. The first kappa shape index (κ1) is 23.4. The SMILES string of the molecule is ON=Cc1nc(CCCCCCCCCCc2ccc(F)c(/C=N/O)n2)ccc1F. The molecule has 2 aromatic rings. The maximum absolute atomic E-state index is 13.4. The average molecular weight is 418 g/mol. The Balaban J connectivity index is 1.53. The van der Waals surface area contributed by atoms with Gasteiger partial charge in [0, 0.05) is 11.4 Å². The number of hydrogen-bond donors (Lipinski definition) is 2. The molecule has 0 unspecified atom stereocenters. The monoisotopic (exact) mass is 418 g/mol. The summed E-state index contributed by atoms with van der Waals surface area (Å²) in [4.78, 5) is 8.29. The van der Waals surface area contributed by atoms with Crippen LogP contribution in [0.15, 0.2) is 34.6 Å². The minimum Gasteiger partial charge on any atom is -0.411 e. The fourth-order valence-electron chi connectivity index (χ4n) is 3.24. The van der Waals surface area contributed by atoms with Crippen molar-refractivity contribution in [2.45, 2.75) is 64.2 Å². The van der Waals surface area contributed by atoms with E-state index in [0.717, 1.165) is 75.2 Å². The standard InChI is InChI=1S/C22H28F2N4O2/c23-19-13-11-17(27-21(19)15-25-29)9-7-5-3-1-2-4-6-8-10-18-12-14-20(24)22(28-18)16-26-30/h11-16,29-30H,1-10H2/b25-15+,26-16?. The highest BCUT2D eigenvalue weighted by atomic mass is 19.1. The van der Waals surface area contributed by atoms with Crippen LogP contribution < -0.4 is 0 Å². The zero-order chi connectivity index (χ0) is 21.6. The van der Waals surface area contributed by atoms with Crippen molar-refractivity contribution in [3.8, 4) is 0 Å². The highest BCUT2D eigenvalue weighted by Gasteiger charge is 2.05. The fourth-order valence-corrected chi connectivity index (χ4v) is 3.24. The van der Waals surface area contributed by atoms with Crippen molar-refractivity contribution in [2.75, 3.05) is 0 Å². The van der Waals surface area contributed by atoms with Gasteiger partial charge in [-0.2, -0.15) is 0 Å². The lowest BCUT2D eigenvalue weighted by molar-refractivity contribution is 0.321. The summed E-state index contributed by atoms with van der Waals surface area (Å²) < 4.78 is 26.9. The van der Waals surface area contributed by atoms with Crippen molar-refractivity contribution in [3.63, 3.8) is 0 Å². The highest BCUT2D eigenvalue weighted by molar-refractivity contribution is 5.77. The molecule has 6 nitrogen and oxygen atoms in total. The van der Waals surface area contributed by atoms with Gasteiger partial charge in [-0.3, -0.25) is 0 Å². The second-order valence-corrected chi connectivity index (χ2v) is 7.16. The number of oxime groups is 2. The molecule has 0 radical (unpaired) electrons. The second kappa shape index (κ2) is 13.3. The van der Waals surface area contributed by atoms with Crippen molar-refractivity contribution in [1.29, 1.82) is 0 Å². The number of pyridine rings is 2. The van der Waals surface area contributed by atoms with E-state index in [1.54, 1.807) is 12.1 Å². The molecule has 0 amide bonds. The van der Waals surface area contributed by atoms with Gasteiger partial charge in [0.05, 0.1) is 12.4 Å². The summed E-state index contributed by atoms with van der Waals surface area (Å²) in [5.41, 5.74) is 1.72. The Labute approximate surface area is 175 Å². The number of hydrogen-bond acceptors (Lipinski definition) is 6. The molecule has 0 fully saturated rings. The molecule has 0 aliphatic carbocycles. The van der Waals surface area contributed by atoms with Crippen molar-refractivity contribution in [1.82, 2.24) is 9.97 Å². The molecular weight excluding hydrogens is 390 g/mol. The van der Waals surface area contributed by atoms with Crippen LogP contribution >= 0.6 is 0 Å². The van der Waals surface area contributed by atoms with Gasteiger partial charge in [-0.15, -0.1) is 0 Å². The van der Waals surface area contributed by atoms with Crippen LogP contribution in [0.3, 0.4) is 0 Å². The van der Waals surface area contributed by atoms with Gasteiger partial charge in [0.25, 0.3) is 0 Å². The highest BCUT2D eigenvalue weighted by Crippen LogP contribution is 2.13. The van der Waals surface area contributed by atoms with E-state index >= 15 is 0 Å². The van der Waals surface area contributed by atoms with Crippen LogP contribution in [-0.2, 0) is 12.8 Å². The molecule has 2 N–H and O–H groups in total. The smallest absolute Gasteiger partial charge is 0.150 e. The van der Waals surface area contributed by atoms with E-state index in [9.17, 15) is 8.78 Å². The van der Waals surface area contributed by atoms with Crippen LogP contribution in [0.1, 0.15) is 74.1 Å². The number of nitrogens with zero attached hydrogens (tertiary/aromatic N) is 4. The summed E-state index contributed by atoms with van der Waals surface area (Å²) in [5.74, 6) is -0.989. The van der Waals surface area contributed by atoms with E-state index in [4.69, 9.17) is 10.4 Å². The summed E-state index contributed by atoms with van der Waals surface area (Å²) in [7, 11) is 0. The molecule has 30 heavy (non-hydrogen) atoms. The summed E-state index contributed by atoms with van der Waals surface area (Å²) in [5, 5.41) is 22.7. The number of halogens is 2. The van der Waals surface area contributed by atoms with Gasteiger partial charge in [-0.1, -0.05) is 48.8 Å². The summed E-state index contributed by atoms with van der Waals surface area (Å²) in [6.45, 7) is 0. The van der Waals surface area contributed by atoms with Gasteiger partial charge in [0.2, 0.25) is 0 Å². The van der Waals surface area contributed by atoms with Crippen LogP contribution in [-0.4, -0.2) is 32.8 Å². The molecule has 2 rings (SSSR count). The molecule has 0 aliphatic heterocycles. The molecule has 0 bridgehead atoms. The summed E-state index contributed by atoms with van der Waals surface area (Å²) in [6.07, 6.45) is 12.4. The Morgan fingerprint density at radius 2 is 1.00 bits per heavy atom. The molecule has 2 aromatic heterocycles. The van der Waals surface area contributed by atoms with Crippen LogP contribution in [0.25, 0.3) is 0 Å². The van der Waals surface area contributed by atoms with Gasteiger partial charge < -0.3 is 10.4 Å². The van der Waals surface area contributed by atoms with Gasteiger partial charge in [0.15, 0.2) is 11.6 Å². The van der Waals surface area contributed by atoms with Crippen molar-refractivity contribution in [3.05, 3.63) is 58.7 Å². The Bertz CT molecular complexity index is 774. The largest absolute Gasteiger partial charge is 0.411 e. The maximum Gasteiger partial charge on any atom is 0.150 e. The molecule has 0 atom stereocenters. The van der Waals surface area contributed by atoms with E-state index < -0.39 is 11.6 Å². The number of unbranched alkanes of at least 4 members (excludes halogenated alkanes) is 7. The predicted octanol–water partition coefficient (Wildman–Crippen LogP) is 5.28. The van der Waals surface area contributed by atoms with E-state index in [1.807, 2.05) is 0 Å². The lowest BCUT2D eigenvalue weighted by Crippen LogP contribution is -1.99. The molecule has 0 saturated carbocycles. The van der Waals surface area contributed by atoms with Crippen molar-refractivity contribution in [2.24, 2.45) is 10.3 Å². The van der Waals surface area contributed by atoms with E-state index in [-0.39, 0.29) is 11.4 Å². The van der Waals surface area contributed by atoms with E-state index in [2.05, 4.69) is 20.3 Å². The predicted molar refractivity (Wildman–Crippen MR) is 111 cm³/mol. The Morgan fingerprint density at radius 3 is 1.37 bits per heavy atom. The van der Waals surface area contributed by atoms with Crippen molar-refractivity contribution >= 4 is 12.4 Å². The molecule has 162 valence electrons. The lowest BCUT2D eigenvalue weighted by Gasteiger charge is -2.05. The molecular formula is C22H28F2N4O2. The number of aryl methyl sites for hydroxylation is 2. The minimum absolute atomic E-state index is 0.0589. The molecule has 0 aliphatic rings. The van der Waals surface area contributed by atoms with E-state index in [1.165, 1.54) is 25.0 Å². The second-order valence-electron chi connectivity index (χ2n) is 7.16. The Hall–Kier alpha value is -2.90. The van der Waals surface area contributed by atoms with Gasteiger partial charge >= 0.3 is 0 Å². The van der Waals surface area contributed by atoms with Gasteiger partial charge in [-0.05, 0) is 49.9 Å². The quantitative estimate of drug-likeness (QED) is 0.200. The topological polar surface area (TPSA) is 91.0 Å². The molecule has 0 aromatic carbocycles. The lowest BCUT2D eigenvalue weighted by atomic mass is 10.0.